The third kappa shape index (κ3) is 18.1. The summed E-state index contributed by atoms with van der Waals surface area (Å²) >= 11 is 0. The molecule has 4 aliphatic heterocycles. The first-order chi connectivity index (χ1) is 55.7. The number of para-hydroxylation sites is 2. The topological polar surface area (TPSA) is 458 Å². The summed E-state index contributed by atoms with van der Waals surface area (Å²) in [6.07, 6.45) is -3.62. The van der Waals surface area contributed by atoms with E-state index in [-0.39, 0.29) is 157 Å². The van der Waals surface area contributed by atoms with Crippen molar-refractivity contribution in [1.29, 1.82) is 0 Å². The number of carbonyl (C=O) groups is 1. The smallest absolute Gasteiger partial charge is 0.197 e. The fraction of sp³-hybridized carbons (Fsp3) is 0.122. The first-order valence-corrected chi connectivity index (χ1v) is 35.9. The molecule has 26 heteroatoms. The van der Waals surface area contributed by atoms with Gasteiger partial charge in [0, 0.05) is 102 Å². The first kappa shape index (κ1) is 79.1. The van der Waals surface area contributed by atoms with Gasteiger partial charge in [-0.25, -0.2) is 0 Å². The number of rotatable bonds is 6. The standard InChI is InChI=1S/2C15H14O6.C15H12O5.C15H10O5.C15H10O2.C15H14O2/c2*16-8-4-11(18)9-6-13(20)15(21-14(9)5-8)7-1-2-10(17)12(19)3-7;2*16-9-3-1-8(2-4-9)13-7-12(19)15-11(18)5-10(17)6-14(15)20-13;16-13-10-15(11-6-2-1-3-7-11)17-14-9-5-4-8-12(13)14;16-13-10-12-8-4-5-9-14(12)17-15(13)11-6-2-1-3-7-11/h2*1-5,13,15-20H,6H2;1-6,13,16-18H,7H2;1-7,16-18H;1-10H;1-9,13,15-16H,10H2/t13-,15+;13-,15-;;;;/m01..../s1. The van der Waals surface area contributed by atoms with Crippen molar-refractivity contribution >= 4 is 27.7 Å². The van der Waals surface area contributed by atoms with Crippen molar-refractivity contribution in [2.24, 2.45) is 0 Å². The normalized spacial score (nSPS) is 17.2. The molecular weight excluding hydrogens is 1500 g/mol. The Labute approximate surface area is 658 Å². The van der Waals surface area contributed by atoms with Gasteiger partial charge >= 0.3 is 0 Å². The highest BCUT2D eigenvalue weighted by atomic mass is 16.5. The maximum absolute atomic E-state index is 12.1. The number of aromatic hydroxyl groups is 14. The average Bonchev–Trinajstić information content (AvgIpc) is 0.798. The van der Waals surface area contributed by atoms with Crippen LogP contribution in [-0.2, 0) is 19.3 Å². The van der Waals surface area contributed by atoms with Crippen molar-refractivity contribution in [3.8, 4) is 126 Å². The molecular formula is C90H74O26. The molecule has 0 saturated carbocycles. The molecule has 7 atom stereocenters. The van der Waals surface area contributed by atoms with Gasteiger partial charge < -0.3 is 115 Å². The second-order valence-electron chi connectivity index (χ2n) is 27.2. The van der Waals surface area contributed by atoms with Crippen LogP contribution in [0.15, 0.2) is 273 Å². The third-order valence-corrected chi connectivity index (χ3v) is 19.1. The van der Waals surface area contributed by atoms with E-state index in [2.05, 4.69) is 0 Å². The van der Waals surface area contributed by atoms with E-state index in [1.807, 2.05) is 103 Å². The number of hydrogen-bond acceptors (Lipinski definition) is 26. The zero-order chi connectivity index (χ0) is 82.2. The van der Waals surface area contributed by atoms with E-state index in [1.54, 1.807) is 30.3 Å². The van der Waals surface area contributed by atoms with Crippen molar-refractivity contribution in [3.05, 3.63) is 320 Å². The van der Waals surface area contributed by atoms with Crippen LogP contribution in [0.2, 0.25) is 0 Å². The van der Waals surface area contributed by atoms with Gasteiger partial charge in [-0.3, -0.25) is 14.4 Å². The number of hydrogen-bond donors (Lipinski definition) is 17. The van der Waals surface area contributed by atoms with Gasteiger partial charge in [0.05, 0.1) is 30.1 Å². The van der Waals surface area contributed by atoms with Crippen molar-refractivity contribution in [3.63, 3.8) is 0 Å². The zero-order valence-electron chi connectivity index (χ0n) is 60.9. The minimum Gasteiger partial charge on any atom is -0.508 e. The minimum absolute atomic E-state index is 0.00861. The van der Waals surface area contributed by atoms with Gasteiger partial charge in [-0.2, -0.15) is 0 Å². The molecule has 590 valence electrons. The van der Waals surface area contributed by atoms with Crippen LogP contribution in [0.5, 0.6) is 103 Å². The van der Waals surface area contributed by atoms with Crippen molar-refractivity contribution in [1.82, 2.24) is 0 Å². The minimum atomic E-state index is -0.933. The molecule has 18 rings (SSSR count). The summed E-state index contributed by atoms with van der Waals surface area (Å²) in [7, 11) is 0. The van der Waals surface area contributed by atoms with Crippen LogP contribution in [0.25, 0.3) is 44.6 Å². The van der Waals surface area contributed by atoms with Gasteiger partial charge in [-0.1, -0.05) is 115 Å². The number of ether oxygens (including phenoxy) is 4. The third-order valence-electron chi connectivity index (χ3n) is 19.1. The van der Waals surface area contributed by atoms with Crippen LogP contribution in [0.1, 0.15) is 80.1 Å². The van der Waals surface area contributed by atoms with Gasteiger partial charge in [0.1, 0.15) is 139 Å². The average molecular weight is 1570 g/mol. The number of fused-ring (bicyclic) bond motifs is 6. The Balaban J connectivity index is 0.000000121. The van der Waals surface area contributed by atoms with Crippen LogP contribution in [-0.4, -0.2) is 111 Å². The Morgan fingerprint density at radius 2 is 0.724 bits per heavy atom. The van der Waals surface area contributed by atoms with E-state index < -0.39 is 42.1 Å². The summed E-state index contributed by atoms with van der Waals surface area (Å²) < 4.78 is 34.1. The predicted octanol–water partition coefficient (Wildman–Crippen LogP) is 14.4. The molecule has 0 spiro atoms. The predicted molar refractivity (Wildman–Crippen MR) is 422 cm³/mol. The molecule has 0 saturated heterocycles. The van der Waals surface area contributed by atoms with Crippen LogP contribution in [0.3, 0.4) is 0 Å². The number of phenols is 14. The first-order valence-electron chi connectivity index (χ1n) is 35.9. The van der Waals surface area contributed by atoms with E-state index in [4.69, 9.17) is 27.8 Å². The molecule has 0 bridgehead atoms. The highest BCUT2D eigenvalue weighted by Gasteiger charge is 2.36. The number of ketones is 1. The molecule has 116 heavy (non-hydrogen) atoms. The lowest BCUT2D eigenvalue weighted by Gasteiger charge is -2.31. The number of carbonyl (C=O) groups excluding carboxylic acids is 1. The Morgan fingerprint density at radius 3 is 1.30 bits per heavy atom. The van der Waals surface area contributed by atoms with Gasteiger partial charge in [-0.15, -0.1) is 0 Å². The van der Waals surface area contributed by atoms with E-state index in [9.17, 15) is 101 Å². The number of Topliss-reactive ketones (excluding diaryl/α,β-unsaturated/α-hetero) is 1. The molecule has 2 aromatic heterocycles. The fourth-order valence-electron chi connectivity index (χ4n) is 13.4. The van der Waals surface area contributed by atoms with Crippen LogP contribution in [0, 0.1) is 0 Å². The van der Waals surface area contributed by atoms with Crippen molar-refractivity contribution in [2.75, 3.05) is 0 Å². The van der Waals surface area contributed by atoms with Gasteiger partial charge in [-0.05, 0) is 107 Å². The van der Waals surface area contributed by atoms with Crippen molar-refractivity contribution in [2.45, 2.75) is 68.4 Å². The number of aliphatic hydroxyl groups is 3. The van der Waals surface area contributed by atoms with Gasteiger partial charge in [0.15, 0.2) is 39.6 Å². The second-order valence-corrected chi connectivity index (χ2v) is 27.2. The zero-order valence-corrected chi connectivity index (χ0v) is 60.9. The molecule has 17 N–H and O–H groups in total. The fourth-order valence-corrected chi connectivity index (χ4v) is 13.4. The Kier molecular flexibility index (Phi) is 23.4. The Bertz CT molecular complexity index is 5910. The lowest BCUT2D eigenvalue weighted by Crippen LogP contribution is -2.30. The molecule has 0 fully saturated rings. The van der Waals surface area contributed by atoms with Gasteiger partial charge in [0.25, 0.3) is 0 Å². The molecule has 14 aromatic rings. The quantitative estimate of drug-likeness (QED) is 0.0688. The lowest BCUT2D eigenvalue weighted by atomic mass is 9.94. The largest absolute Gasteiger partial charge is 0.508 e. The van der Waals surface area contributed by atoms with Crippen LogP contribution in [0.4, 0.5) is 0 Å². The lowest BCUT2D eigenvalue weighted by molar-refractivity contribution is 0.0196. The molecule has 0 amide bonds. The molecule has 6 heterocycles. The Morgan fingerprint density at radius 1 is 0.284 bits per heavy atom. The molecule has 0 radical (unpaired) electrons. The SMILES string of the molecule is O=C1CC(c2ccc(O)cc2)Oc2cc(O)cc(O)c21.O=c1cc(-c2ccc(O)cc2)oc2cc(O)cc(O)c12.O=c1cc(-c2ccccc2)oc2ccccc12.OC1Cc2ccccc2OC1c1ccccc1.Oc1cc(O)c2c(c1)O[C@H](c1ccc(O)c(O)c1)[C@@H](O)C2.Oc1cc(O)c2c(c1)O[C@H](c1ccc(O)c(O)c1)[C@H](O)C2. The van der Waals surface area contributed by atoms with Crippen LogP contribution < -0.4 is 29.8 Å². The molecule has 0 aliphatic carbocycles. The van der Waals surface area contributed by atoms with Crippen molar-refractivity contribution < 1.29 is 119 Å². The van der Waals surface area contributed by atoms with Crippen LogP contribution >= 0.6 is 0 Å². The maximum atomic E-state index is 12.1. The highest BCUT2D eigenvalue weighted by molar-refractivity contribution is 6.02. The monoisotopic (exact) mass is 1570 g/mol. The van der Waals surface area contributed by atoms with E-state index in [1.165, 1.54) is 109 Å². The van der Waals surface area contributed by atoms with E-state index in [0.717, 1.165) is 40.1 Å². The number of phenolic OH excluding ortho intramolecular Hbond substituents is 14. The van der Waals surface area contributed by atoms with E-state index >= 15 is 0 Å². The summed E-state index contributed by atoms with van der Waals surface area (Å²) in [6.45, 7) is 0. The Hall–Kier alpha value is -15.0. The van der Waals surface area contributed by atoms with Gasteiger partial charge in [0.2, 0.25) is 0 Å². The number of aliphatic hydroxyl groups excluding tert-OH is 3. The summed E-state index contributed by atoms with van der Waals surface area (Å²) in [5.41, 5.74) is 6.54. The number of benzene rings is 12. The second kappa shape index (κ2) is 34.3. The summed E-state index contributed by atoms with van der Waals surface area (Å²) in [5, 5.41) is 164. The molecule has 12 aromatic carbocycles. The molecule has 3 unspecified atom stereocenters. The maximum Gasteiger partial charge on any atom is 0.197 e. The summed E-state index contributed by atoms with van der Waals surface area (Å²) in [4.78, 5) is 36.0. The molecule has 4 aliphatic rings. The molecule has 26 nitrogen and oxygen atoms in total. The summed E-state index contributed by atoms with van der Waals surface area (Å²) in [6, 6.07) is 68.0. The van der Waals surface area contributed by atoms with E-state index in [0.29, 0.717) is 51.0 Å². The summed E-state index contributed by atoms with van der Waals surface area (Å²) in [5.74, 6) is -0.227. The highest BCUT2D eigenvalue weighted by Crippen LogP contribution is 2.47.